The molecule has 5 aromatic rings. The minimum Gasteiger partial charge on any atom is -0.267 e. The number of hydrogen-bond donors (Lipinski definition) is 1. The molecule has 0 bridgehead atoms. The zero-order valence-corrected chi connectivity index (χ0v) is 16.6. The SMILES string of the molecule is CCc1nn2c(nnc3c(=O)n(NC(=O)c4ccncc4)ccc32)c1-c1ccccc1. The van der Waals surface area contributed by atoms with E-state index in [9.17, 15) is 9.59 Å². The lowest BCUT2D eigenvalue weighted by molar-refractivity contribution is 0.101. The van der Waals surface area contributed by atoms with Crippen molar-refractivity contribution in [3.05, 3.63) is 88.7 Å². The summed E-state index contributed by atoms with van der Waals surface area (Å²) >= 11 is 0. The van der Waals surface area contributed by atoms with E-state index in [1.54, 1.807) is 22.7 Å². The Morgan fingerprint density at radius 1 is 1.03 bits per heavy atom. The molecule has 9 heteroatoms. The number of pyridine rings is 2. The second-order valence-electron chi connectivity index (χ2n) is 6.88. The third-order valence-corrected chi connectivity index (χ3v) is 5.01. The summed E-state index contributed by atoms with van der Waals surface area (Å²) in [5.74, 6) is -0.434. The lowest BCUT2D eigenvalue weighted by Gasteiger charge is -2.09. The molecule has 9 nitrogen and oxygen atoms in total. The van der Waals surface area contributed by atoms with Gasteiger partial charge in [0.2, 0.25) is 0 Å². The number of hydrogen-bond acceptors (Lipinski definition) is 6. The maximum Gasteiger partial charge on any atom is 0.299 e. The fraction of sp³-hybridized carbons (Fsp3) is 0.0909. The highest BCUT2D eigenvalue weighted by Crippen LogP contribution is 2.28. The quantitative estimate of drug-likeness (QED) is 0.487. The van der Waals surface area contributed by atoms with Gasteiger partial charge < -0.3 is 0 Å². The highest BCUT2D eigenvalue weighted by Gasteiger charge is 2.19. The van der Waals surface area contributed by atoms with Crippen molar-refractivity contribution in [3.63, 3.8) is 0 Å². The third kappa shape index (κ3) is 3.12. The molecule has 1 N–H and O–H groups in total. The molecule has 0 spiro atoms. The first-order valence-electron chi connectivity index (χ1n) is 9.74. The second kappa shape index (κ2) is 7.45. The van der Waals surface area contributed by atoms with E-state index < -0.39 is 11.5 Å². The molecular formula is C22H17N7O2. The first-order chi connectivity index (χ1) is 15.2. The van der Waals surface area contributed by atoms with Crippen molar-refractivity contribution in [1.82, 2.24) is 29.5 Å². The van der Waals surface area contributed by atoms with Gasteiger partial charge in [0, 0.05) is 24.2 Å². The Morgan fingerprint density at radius 3 is 2.55 bits per heavy atom. The second-order valence-corrected chi connectivity index (χ2v) is 6.88. The molecule has 152 valence electrons. The van der Waals surface area contributed by atoms with E-state index in [0.717, 1.165) is 21.5 Å². The summed E-state index contributed by atoms with van der Waals surface area (Å²) in [7, 11) is 0. The Balaban J connectivity index is 1.64. The molecule has 0 saturated heterocycles. The monoisotopic (exact) mass is 411 g/mol. The van der Waals surface area contributed by atoms with Crippen molar-refractivity contribution >= 4 is 22.6 Å². The third-order valence-electron chi connectivity index (χ3n) is 5.01. The summed E-state index contributed by atoms with van der Waals surface area (Å²) in [5, 5.41) is 13.2. The van der Waals surface area contributed by atoms with E-state index in [1.807, 2.05) is 37.3 Å². The highest BCUT2D eigenvalue weighted by atomic mass is 16.2. The van der Waals surface area contributed by atoms with Gasteiger partial charge in [-0.25, -0.2) is 9.19 Å². The van der Waals surface area contributed by atoms with Crippen LogP contribution in [0.15, 0.2) is 71.9 Å². The Morgan fingerprint density at radius 2 is 1.81 bits per heavy atom. The van der Waals surface area contributed by atoms with Gasteiger partial charge in [-0.3, -0.25) is 20.0 Å². The molecule has 0 saturated carbocycles. The molecule has 0 aliphatic heterocycles. The van der Waals surface area contributed by atoms with Crippen LogP contribution in [0.5, 0.6) is 0 Å². The minimum atomic E-state index is -0.496. The van der Waals surface area contributed by atoms with Crippen LogP contribution < -0.4 is 11.0 Å². The zero-order chi connectivity index (χ0) is 21.4. The molecule has 1 aromatic carbocycles. The van der Waals surface area contributed by atoms with E-state index >= 15 is 0 Å². The topological polar surface area (TPSA) is 107 Å². The number of aromatic nitrogens is 6. The summed E-state index contributed by atoms with van der Waals surface area (Å²) in [6.07, 6.45) is 5.20. The van der Waals surface area contributed by atoms with E-state index in [0.29, 0.717) is 23.1 Å². The molecule has 0 atom stereocenters. The Hall–Kier alpha value is -4.40. The van der Waals surface area contributed by atoms with Gasteiger partial charge in [0.05, 0.1) is 11.3 Å². The smallest absolute Gasteiger partial charge is 0.267 e. The first-order valence-corrected chi connectivity index (χ1v) is 9.74. The van der Waals surface area contributed by atoms with E-state index in [1.165, 1.54) is 18.6 Å². The number of carbonyl (C=O) groups is 1. The molecule has 4 heterocycles. The maximum atomic E-state index is 13.0. The van der Waals surface area contributed by atoms with Gasteiger partial charge in [-0.05, 0) is 30.2 Å². The largest absolute Gasteiger partial charge is 0.299 e. The minimum absolute atomic E-state index is 0.106. The first kappa shape index (κ1) is 18.6. The molecule has 31 heavy (non-hydrogen) atoms. The van der Waals surface area contributed by atoms with E-state index in [-0.39, 0.29) is 5.52 Å². The van der Waals surface area contributed by atoms with Crippen LogP contribution in [0.25, 0.3) is 27.8 Å². The van der Waals surface area contributed by atoms with Crippen LogP contribution in [-0.2, 0) is 6.42 Å². The number of benzene rings is 1. The van der Waals surface area contributed by atoms with E-state index in [4.69, 9.17) is 0 Å². The van der Waals surface area contributed by atoms with Crippen molar-refractivity contribution in [3.8, 4) is 11.1 Å². The number of carbonyl (C=O) groups excluding carboxylic acids is 1. The van der Waals surface area contributed by atoms with Crippen LogP contribution in [0, 0.1) is 0 Å². The van der Waals surface area contributed by atoms with Crippen molar-refractivity contribution in [2.45, 2.75) is 13.3 Å². The average molecular weight is 411 g/mol. The standard InChI is InChI=1S/C22H17N7O2/c1-2-16-18(14-6-4-3-5-7-14)20-25-24-19-17(29(20)26-16)10-13-28(22(19)31)27-21(30)15-8-11-23-12-9-15/h3-13H,2H2,1H3,(H,27,30). The predicted molar refractivity (Wildman–Crippen MR) is 115 cm³/mol. The normalized spacial score (nSPS) is 11.1. The Kier molecular flexibility index (Phi) is 4.47. The van der Waals surface area contributed by atoms with Gasteiger partial charge in [-0.2, -0.15) is 5.10 Å². The lowest BCUT2D eigenvalue weighted by atomic mass is 10.0. The van der Waals surface area contributed by atoms with E-state index in [2.05, 4.69) is 25.7 Å². The summed E-state index contributed by atoms with van der Waals surface area (Å²) in [6.45, 7) is 2.02. The lowest BCUT2D eigenvalue weighted by Crippen LogP contribution is -2.33. The molecule has 1 amide bonds. The highest BCUT2D eigenvalue weighted by molar-refractivity contribution is 5.99. The molecule has 0 fully saturated rings. The maximum absolute atomic E-state index is 13.0. The fourth-order valence-corrected chi connectivity index (χ4v) is 3.50. The molecule has 4 aromatic heterocycles. The van der Waals surface area contributed by atoms with Gasteiger partial charge in [0.1, 0.15) is 5.52 Å². The van der Waals surface area contributed by atoms with Gasteiger partial charge in [0.15, 0.2) is 11.2 Å². The van der Waals surface area contributed by atoms with Crippen LogP contribution in [0.2, 0.25) is 0 Å². The fourth-order valence-electron chi connectivity index (χ4n) is 3.50. The summed E-state index contributed by atoms with van der Waals surface area (Å²) in [6, 6.07) is 14.7. The molecular weight excluding hydrogens is 394 g/mol. The molecule has 0 aliphatic carbocycles. The van der Waals surface area contributed by atoms with Crippen LogP contribution in [-0.4, -0.2) is 35.4 Å². The number of amides is 1. The van der Waals surface area contributed by atoms with Gasteiger partial charge in [-0.1, -0.05) is 37.3 Å². The summed E-state index contributed by atoms with van der Waals surface area (Å²) < 4.78 is 2.73. The van der Waals surface area contributed by atoms with Gasteiger partial charge >= 0.3 is 0 Å². The van der Waals surface area contributed by atoms with Crippen LogP contribution in [0.1, 0.15) is 23.0 Å². The number of nitrogens with zero attached hydrogens (tertiary/aromatic N) is 6. The number of rotatable bonds is 4. The zero-order valence-electron chi connectivity index (χ0n) is 16.6. The van der Waals surface area contributed by atoms with Crippen molar-refractivity contribution < 1.29 is 4.79 Å². The summed E-state index contributed by atoms with van der Waals surface area (Å²) in [5.41, 5.74) is 6.39. The van der Waals surface area contributed by atoms with Gasteiger partial charge in [-0.15, -0.1) is 10.2 Å². The Bertz CT molecular complexity index is 1470. The van der Waals surface area contributed by atoms with Crippen molar-refractivity contribution in [2.75, 3.05) is 5.43 Å². The molecule has 0 aliphatic rings. The molecule has 0 unspecified atom stereocenters. The van der Waals surface area contributed by atoms with Crippen molar-refractivity contribution in [2.24, 2.45) is 0 Å². The predicted octanol–water partition coefficient (Wildman–Crippen LogP) is 2.45. The van der Waals surface area contributed by atoms with Gasteiger partial charge in [0.25, 0.3) is 11.5 Å². The molecule has 0 radical (unpaired) electrons. The molecule has 5 rings (SSSR count). The van der Waals surface area contributed by atoms with Crippen LogP contribution in [0.4, 0.5) is 0 Å². The van der Waals surface area contributed by atoms with Crippen molar-refractivity contribution in [1.29, 1.82) is 0 Å². The van der Waals surface area contributed by atoms with Crippen LogP contribution >= 0.6 is 0 Å². The van der Waals surface area contributed by atoms with Crippen LogP contribution in [0.3, 0.4) is 0 Å². The number of aryl methyl sites for hydroxylation is 1. The Labute approximate surface area is 176 Å². The number of fused-ring (bicyclic) bond motifs is 3. The average Bonchev–Trinajstić information content (AvgIpc) is 3.21. The number of nitrogens with one attached hydrogen (secondary N) is 1. The summed E-state index contributed by atoms with van der Waals surface area (Å²) in [4.78, 5) is 29.3.